The molecule has 0 saturated carbocycles. The molecule has 6 nitrogen and oxygen atoms in total. The van der Waals surface area contributed by atoms with Crippen LogP contribution in [0.3, 0.4) is 0 Å². The van der Waals surface area contributed by atoms with E-state index in [2.05, 4.69) is 40.2 Å². The van der Waals surface area contributed by atoms with Gasteiger partial charge in [-0.1, -0.05) is 66.2 Å². The fourth-order valence-corrected chi connectivity index (χ4v) is 5.47. The SMILES string of the molecule is CC(=O)N1CCCN(Cc2ccccc2)CCN(C(=O)Cc2ccc(Cl)cc2)Cc2cc(-c3cccnc3)ccc21. The van der Waals surface area contributed by atoms with Gasteiger partial charge in [0.2, 0.25) is 11.8 Å². The van der Waals surface area contributed by atoms with Crippen LogP contribution >= 0.6 is 11.6 Å². The maximum absolute atomic E-state index is 13.8. The molecule has 1 aliphatic heterocycles. The fourth-order valence-electron chi connectivity index (χ4n) is 5.35. The maximum atomic E-state index is 13.8. The molecule has 1 aromatic heterocycles. The first-order valence-electron chi connectivity index (χ1n) is 14.1. The summed E-state index contributed by atoms with van der Waals surface area (Å²) >= 11 is 6.09. The number of halogens is 1. The molecule has 0 atom stereocenters. The van der Waals surface area contributed by atoms with E-state index in [4.69, 9.17) is 11.6 Å². The van der Waals surface area contributed by atoms with Gasteiger partial charge in [-0.3, -0.25) is 19.5 Å². The van der Waals surface area contributed by atoms with Gasteiger partial charge in [-0.15, -0.1) is 0 Å². The van der Waals surface area contributed by atoms with Crippen LogP contribution in [-0.4, -0.2) is 52.8 Å². The van der Waals surface area contributed by atoms with Gasteiger partial charge in [0.25, 0.3) is 0 Å². The molecule has 0 bridgehead atoms. The topological polar surface area (TPSA) is 56.8 Å². The zero-order valence-electron chi connectivity index (χ0n) is 23.4. The van der Waals surface area contributed by atoms with E-state index < -0.39 is 0 Å². The summed E-state index contributed by atoms with van der Waals surface area (Å²) in [5.74, 6) is 0.0339. The first-order valence-corrected chi connectivity index (χ1v) is 14.4. The number of rotatable bonds is 5. The molecule has 0 radical (unpaired) electrons. The van der Waals surface area contributed by atoms with Crippen LogP contribution in [0.15, 0.2) is 97.3 Å². The number of pyridine rings is 1. The Labute approximate surface area is 247 Å². The molecule has 1 aliphatic rings. The van der Waals surface area contributed by atoms with Crippen molar-refractivity contribution in [3.63, 3.8) is 0 Å². The molecule has 3 aromatic carbocycles. The normalized spacial score (nSPS) is 14.7. The molecule has 2 amide bonds. The second-order valence-electron chi connectivity index (χ2n) is 10.5. The Morgan fingerprint density at radius 2 is 1.63 bits per heavy atom. The van der Waals surface area contributed by atoms with Crippen LogP contribution in [0.1, 0.15) is 30.0 Å². The van der Waals surface area contributed by atoms with Crippen molar-refractivity contribution >= 4 is 29.1 Å². The van der Waals surface area contributed by atoms with Crippen molar-refractivity contribution in [3.8, 4) is 11.1 Å². The van der Waals surface area contributed by atoms with Gasteiger partial charge in [-0.25, -0.2) is 0 Å². The lowest BCUT2D eigenvalue weighted by atomic mass is 10.0. The number of hydrogen-bond donors (Lipinski definition) is 0. The third-order valence-corrected chi connectivity index (χ3v) is 7.77. The minimum absolute atomic E-state index is 0.00623. The molecule has 5 rings (SSSR count). The molecule has 2 heterocycles. The minimum Gasteiger partial charge on any atom is -0.337 e. The molecular weight excluding hydrogens is 532 g/mol. The zero-order valence-corrected chi connectivity index (χ0v) is 24.1. The predicted octanol–water partition coefficient (Wildman–Crippen LogP) is 6.23. The number of nitrogens with zero attached hydrogens (tertiary/aromatic N) is 4. The van der Waals surface area contributed by atoms with Crippen molar-refractivity contribution in [2.45, 2.75) is 32.9 Å². The molecule has 0 aliphatic carbocycles. The third kappa shape index (κ3) is 7.60. The summed E-state index contributed by atoms with van der Waals surface area (Å²) in [5.41, 5.74) is 5.95. The lowest BCUT2D eigenvalue weighted by molar-refractivity contribution is -0.131. The Bertz CT molecular complexity index is 1460. The van der Waals surface area contributed by atoms with Gasteiger partial charge in [0, 0.05) is 69.3 Å². The summed E-state index contributed by atoms with van der Waals surface area (Å²) in [7, 11) is 0. The minimum atomic E-state index is -0.00623. The van der Waals surface area contributed by atoms with Crippen LogP contribution < -0.4 is 4.90 Å². The smallest absolute Gasteiger partial charge is 0.227 e. The number of fused-ring (bicyclic) bond motifs is 1. The Morgan fingerprint density at radius 1 is 0.829 bits per heavy atom. The van der Waals surface area contributed by atoms with E-state index in [1.54, 1.807) is 13.1 Å². The first-order chi connectivity index (χ1) is 20.0. The molecule has 41 heavy (non-hydrogen) atoms. The van der Waals surface area contributed by atoms with E-state index in [0.717, 1.165) is 54.0 Å². The summed E-state index contributed by atoms with van der Waals surface area (Å²) in [6.45, 7) is 5.55. The van der Waals surface area contributed by atoms with Crippen molar-refractivity contribution in [1.82, 2.24) is 14.8 Å². The summed E-state index contributed by atoms with van der Waals surface area (Å²) in [6, 6.07) is 27.9. The average molecular weight is 567 g/mol. The quantitative estimate of drug-likeness (QED) is 0.287. The van der Waals surface area contributed by atoms with Gasteiger partial charge in [-0.05, 0) is 64.6 Å². The third-order valence-electron chi connectivity index (χ3n) is 7.52. The fraction of sp³-hybridized carbons (Fsp3) is 0.265. The highest BCUT2D eigenvalue weighted by Gasteiger charge is 2.23. The van der Waals surface area contributed by atoms with Gasteiger partial charge in [-0.2, -0.15) is 0 Å². The van der Waals surface area contributed by atoms with Gasteiger partial charge >= 0.3 is 0 Å². The monoisotopic (exact) mass is 566 g/mol. The van der Waals surface area contributed by atoms with Crippen molar-refractivity contribution < 1.29 is 9.59 Å². The summed E-state index contributed by atoms with van der Waals surface area (Å²) < 4.78 is 0. The van der Waals surface area contributed by atoms with Gasteiger partial charge in [0.15, 0.2) is 0 Å². The lowest BCUT2D eigenvalue weighted by Gasteiger charge is -2.28. The van der Waals surface area contributed by atoms with Crippen LogP contribution in [0.25, 0.3) is 11.1 Å². The standard InChI is InChI=1S/C34H35ClN4O2/c1-26(40)39-18-6-17-37(24-28-7-3-2-4-8-28)19-20-38(34(41)21-27-10-13-32(35)14-11-27)25-31-22-29(12-15-33(31)39)30-9-5-16-36-23-30/h2-5,7-16,22-23H,6,17-21,24-25H2,1H3. The van der Waals surface area contributed by atoms with Crippen molar-refractivity contribution in [2.75, 3.05) is 31.1 Å². The molecule has 210 valence electrons. The number of carbonyl (C=O) groups excluding carboxylic acids is 2. The zero-order chi connectivity index (χ0) is 28.6. The Kier molecular flexibility index (Phi) is 9.44. The highest BCUT2D eigenvalue weighted by atomic mass is 35.5. The summed E-state index contributed by atoms with van der Waals surface area (Å²) in [6.07, 6.45) is 4.70. The lowest BCUT2D eigenvalue weighted by Crippen LogP contribution is -2.39. The van der Waals surface area contributed by atoms with Crippen LogP contribution in [0.4, 0.5) is 5.69 Å². The van der Waals surface area contributed by atoms with Crippen LogP contribution in [0, 0.1) is 0 Å². The van der Waals surface area contributed by atoms with Crippen molar-refractivity contribution in [1.29, 1.82) is 0 Å². The largest absolute Gasteiger partial charge is 0.337 e. The summed E-state index contributed by atoms with van der Waals surface area (Å²) in [4.78, 5) is 37.2. The summed E-state index contributed by atoms with van der Waals surface area (Å²) in [5, 5.41) is 0.647. The van der Waals surface area contributed by atoms with Crippen molar-refractivity contribution in [2.24, 2.45) is 0 Å². The van der Waals surface area contributed by atoms with Gasteiger partial charge < -0.3 is 9.80 Å². The van der Waals surface area contributed by atoms with Crippen LogP contribution in [-0.2, 0) is 29.1 Å². The Hall–Kier alpha value is -4.00. The molecule has 0 spiro atoms. The Balaban J connectivity index is 1.50. The molecule has 0 unspecified atom stereocenters. The predicted molar refractivity (Wildman–Crippen MR) is 165 cm³/mol. The average Bonchev–Trinajstić information content (AvgIpc) is 3.02. The number of amides is 2. The van der Waals surface area contributed by atoms with E-state index in [0.29, 0.717) is 24.7 Å². The second-order valence-corrected chi connectivity index (χ2v) is 10.9. The van der Waals surface area contributed by atoms with Gasteiger partial charge in [0.05, 0.1) is 6.42 Å². The second kappa shape index (κ2) is 13.6. The van der Waals surface area contributed by atoms with Crippen LogP contribution in [0.5, 0.6) is 0 Å². The number of aromatic nitrogens is 1. The Morgan fingerprint density at radius 3 is 2.37 bits per heavy atom. The first kappa shape index (κ1) is 28.5. The van der Waals surface area contributed by atoms with E-state index in [-0.39, 0.29) is 18.2 Å². The van der Waals surface area contributed by atoms with Crippen LogP contribution in [0.2, 0.25) is 5.02 Å². The molecule has 0 fully saturated rings. The van der Waals surface area contributed by atoms with E-state index >= 15 is 0 Å². The number of carbonyl (C=O) groups is 2. The molecule has 0 N–H and O–H groups in total. The van der Waals surface area contributed by atoms with Crippen molar-refractivity contribution in [3.05, 3.63) is 119 Å². The molecule has 7 heteroatoms. The number of hydrogen-bond acceptors (Lipinski definition) is 4. The van der Waals surface area contributed by atoms with E-state index in [1.165, 1.54) is 5.56 Å². The van der Waals surface area contributed by atoms with E-state index in [9.17, 15) is 9.59 Å². The van der Waals surface area contributed by atoms with E-state index in [1.807, 2.05) is 70.6 Å². The highest BCUT2D eigenvalue weighted by Crippen LogP contribution is 2.30. The maximum Gasteiger partial charge on any atom is 0.227 e. The highest BCUT2D eigenvalue weighted by molar-refractivity contribution is 6.30. The van der Waals surface area contributed by atoms with Gasteiger partial charge in [0.1, 0.15) is 0 Å². The molecule has 4 aromatic rings. The molecule has 0 saturated heterocycles. The number of benzene rings is 3. The molecular formula is C34H35ClN4O2. The number of anilines is 1.